The molecule has 0 aliphatic rings. The van der Waals surface area contributed by atoms with Gasteiger partial charge in [-0.05, 0) is 36.8 Å². The summed E-state index contributed by atoms with van der Waals surface area (Å²) in [5, 5.41) is 3.70. The van der Waals surface area contributed by atoms with Gasteiger partial charge in [-0.1, -0.05) is 12.1 Å². The Morgan fingerprint density at radius 1 is 1.15 bits per heavy atom. The molecule has 0 unspecified atom stereocenters. The van der Waals surface area contributed by atoms with Crippen molar-refractivity contribution in [2.45, 2.75) is 13.5 Å². The second-order valence-electron chi connectivity index (χ2n) is 5.67. The molecule has 7 heteroatoms. The molecule has 0 spiro atoms. The normalized spacial score (nSPS) is 10.7. The zero-order valence-corrected chi connectivity index (χ0v) is 15.9. The van der Waals surface area contributed by atoms with Gasteiger partial charge in [-0.15, -0.1) is 11.3 Å². The third-order valence-electron chi connectivity index (χ3n) is 3.69. The molecule has 0 saturated carbocycles. The van der Waals surface area contributed by atoms with Gasteiger partial charge < -0.3 is 14.8 Å². The van der Waals surface area contributed by atoms with Crippen molar-refractivity contribution >= 4 is 22.9 Å². The summed E-state index contributed by atoms with van der Waals surface area (Å²) in [6.07, 6.45) is 5.01. The van der Waals surface area contributed by atoms with Crippen LogP contribution >= 0.6 is 11.3 Å². The van der Waals surface area contributed by atoms with Crippen LogP contribution in [0.2, 0.25) is 0 Å². The number of nitrogens with zero attached hydrogens (tertiary/aromatic N) is 2. The molecule has 0 atom stereocenters. The molecule has 0 saturated heterocycles. The number of ether oxygens (including phenoxy) is 2. The van der Waals surface area contributed by atoms with Crippen LogP contribution in [0.1, 0.15) is 22.2 Å². The number of benzene rings is 1. The highest BCUT2D eigenvalue weighted by Crippen LogP contribution is 2.25. The maximum Gasteiger partial charge on any atom is 0.267 e. The van der Waals surface area contributed by atoms with Gasteiger partial charge in [0.15, 0.2) is 0 Å². The first-order valence-corrected chi connectivity index (χ1v) is 9.50. The van der Waals surface area contributed by atoms with Gasteiger partial charge in [0.2, 0.25) is 0 Å². The van der Waals surface area contributed by atoms with Crippen molar-refractivity contribution in [2.24, 2.45) is 0 Å². The number of carbonyl (C=O) groups excluding carboxylic acids is 1. The van der Waals surface area contributed by atoms with Crippen LogP contribution in [0.25, 0.3) is 10.6 Å². The Balaban J connectivity index is 1.58. The van der Waals surface area contributed by atoms with Gasteiger partial charge in [-0.25, -0.2) is 4.98 Å². The maximum atomic E-state index is 12.5. The van der Waals surface area contributed by atoms with Crippen molar-refractivity contribution in [1.29, 1.82) is 0 Å². The van der Waals surface area contributed by atoms with Crippen LogP contribution in [0.15, 0.2) is 55.0 Å². The minimum atomic E-state index is -0.178. The number of amides is 1. The lowest BCUT2D eigenvalue weighted by atomic mass is 10.2. The third-order valence-corrected chi connectivity index (χ3v) is 4.73. The highest BCUT2D eigenvalue weighted by molar-refractivity contribution is 7.17. The number of rotatable bonds is 9. The van der Waals surface area contributed by atoms with E-state index in [9.17, 15) is 4.79 Å². The Bertz CT molecular complexity index is 868. The molecule has 1 amide bonds. The number of hydrogen-bond donors (Lipinski definition) is 1. The summed E-state index contributed by atoms with van der Waals surface area (Å²) in [6.45, 7) is 4.24. The fraction of sp³-hybridized carbons (Fsp3) is 0.250. The molecule has 0 fully saturated rings. The van der Waals surface area contributed by atoms with Crippen molar-refractivity contribution in [1.82, 2.24) is 9.97 Å². The van der Waals surface area contributed by atoms with Gasteiger partial charge >= 0.3 is 0 Å². The largest absolute Gasteiger partial charge is 0.379 e. The number of thiazole rings is 1. The van der Waals surface area contributed by atoms with Crippen LogP contribution in [0.4, 0.5) is 5.69 Å². The van der Waals surface area contributed by atoms with E-state index in [1.165, 1.54) is 11.3 Å². The average Bonchev–Trinajstić information content (AvgIpc) is 3.19. The lowest BCUT2D eigenvalue weighted by Gasteiger charge is -2.07. The van der Waals surface area contributed by atoms with E-state index in [1.54, 1.807) is 18.6 Å². The quantitative estimate of drug-likeness (QED) is 0.565. The maximum absolute atomic E-state index is 12.5. The van der Waals surface area contributed by atoms with Gasteiger partial charge in [0.25, 0.3) is 5.91 Å². The molecule has 1 aromatic carbocycles. The molecule has 3 rings (SSSR count). The van der Waals surface area contributed by atoms with Crippen LogP contribution in [-0.4, -0.2) is 35.7 Å². The predicted molar refractivity (Wildman–Crippen MR) is 106 cm³/mol. The van der Waals surface area contributed by atoms with Crippen LogP contribution < -0.4 is 5.32 Å². The van der Waals surface area contributed by atoms with E-state index in [2.05, 4.69) is 15.3 Å². The van der Waals surface area contributed by atoms with Crippen LogP contribution in [-0.2, 0) is 16.1 Å². The fourth-order valence-electron chi connectivity index (χ4n) is 2.39. The zero-order chi connectivity index (χ0) is 18.9. The van der Waals surface area contributed by atoms with Gasteiger partial charge in [0.1, 0.15) is 9.88 Å². The number of anilines is 1. The van der Waals surface area contributed by atoms with Gasteiger partial charge in [0, 0.05) is 30.3 Å². The smallest absolute Gasteiger partial charge is 0.267 e. The van der Waals surface area contributed by atoms with Crippen molar-refractivity contribution in [3.05, 3.63) is 65.4 Å². The Morgan fingerprint density at radius 2 is 1.96 bits per heavy atom. The lowest BCUT2D eigenvalue weighted by molar-refractivity contribution is 0.0453. The van der Waals surface area contributed by atoms with Crippen LogP contribution in [0.3, 0.4) is 0 Å². The summed E-state index contributed by atoms with van der Waals surface area (Å²) >= 11 is 1.35. The Morgan fingerprint density at radius 3 is 2.78 bits per heavy atom. The second kappa shape index (κ2) is 9.91. The van der Waals surface area contributed by atoms with Crippen molar-refractivity contribution in [3.63, 3.8) is 0 Å². The Hall–Kier alpha value is -2.61. The summed E-state index contributed by atoms with van der Waals surface area (Å²) in [4.78, 5) is 21.4. The first-order valence-electron chi connectivity index (χ1n) is 8.68. The lowest BCUT2D eigenvalue weighted by Crippen LogP contribution is -2.10. The van der Waals surface area contributed by atoms with E-state index in [0.717, 1.165) is 21.8 Å². The Kier molecular flexibility index (Phi) is 7.04. The van der Waals surface area contributed by atoms with Crippen molar-refractivity contribution < 1.29 is 14.3 Å². The van der Waals surface area contributed by atoms with E-state index in [4.69, 9.17) is 9.47 Å². The standard InChI is InChI=1S/C20H21N3O3S/c1-2-25-10-11-26-14-15-4-3-5-17(12-15)23-19(24)18-13-22-20(27-18)16-6-8-21-9-7-16/h3-9,12-13H,2,10-11,14H2,1H3,(H,23,24). The molecule has 2 aromatic heterocycles. The Labute approximate surface area is 162 Å². The van der Waals surface area contributed by atoms with E-state index in [1.807, 2.05) is 43.3 Å². The molecular formula is C20H21N3O3S. The van der Waals surface area contributed by atoms with Crippen LogP contribution in [0, 0.1) is 0 Å². The molecule has 2 heterocycles. The zero-order valence-electron chi connectivity index (χ0n) is 15.1. The second-order valence-corrected chi connectivity index (χ2v) is 6.70. The SMILES string of the molecule is CCOCCOCc1cccc(NC(=O)c2cnc(-c3ccncc3)s2)c1. The molecule has 6 nitrogen and oxygen atoms in total. The van der Waals surface area contributed by atoms with Gasteiger partial charge in [-0.3, -0.25) is 9.78 Å². The minimum absolute atomic E-state index is 0.178. The van der Waals surface area contributed by atoms with E-state index >= 15 is 0 Å². The summed E-state index contributed by atoms with van der Waals surface area (Å²) in [6, 6.07) is 11.4. The first kappa shape index (κ1) is 19.2. The van der Waals surface area contributed by atoms with E-state index < -0.39 is 0 Å². The van der Waals surface area contributed by atoms with Crippen molar-refractivity contribution in [3.8, 4) is 10.6 Å². The third kappa shape index (κ3) is 5.68. The molecular weight excluding hydrogens is 362 g/mol. The van der Waals surface area contributed by atoms with E-state index in [-0.39, 0.29) is 5.91 Å². The number of carbonyl (C=O) groups is 1. The van der Waals surface area contributed by atoms with E-state index in [0.29, 0.717) is 31.3 Å². The number of pyridine rings is 1. The van der Waals surface area contributed by atoms with Gasteiger partial charge in [-0.2, -0.15) is 0 Å². The first-order chi connectivity index (χ1) is 13.3. The number of aromatic nitrogens is 2. The fourth-order valence-corrected chi connectivity index (χ4v) is 3.21. The summed E-state index contributed by atoms with van der Waals surface area (Å²) in [7, 11) is 0. The highest BCUT2D eigenvalue weighted by Gasteiger charge is 2.12. The van der Waals surface area contributed by atoms with Gasteiger partial charge in [0.05, 0.1) is 26.0 Å². The number of hydrogen-bond acceptors (Lipinski definition) is 6. The molecule has 0 aliphatic heterocycles. The van der Waals surface area contributed by atoms with Crippen molar-refractivity contribution in [2.75, 3.05) is 25.1 Å². The topological polar surface area (TPSA) is 73.3 Å². The predicted octanol–water partition coefficient (Wildman–Crippen LogP) is 4.01. The molecule has 3 aromatic rings. The van der Waals surface area contributed by atoms with Crippen LogP contribution in [0.5, 0.6) is 0 Å². The summed E-state index contributed by atoms with van der Waals surface area (Å²) in [5.74, 6) is -0.178. The molecule has 1 N–H and O–H groups in total. The molecule has 0 radical (unpaired) electrons. The summed E-state index contributed by atoms with van der Waals surface area (Å²) < 4.78 is 10.8. The average molecular weight is 383 g/mol. The molecule has 27 heavy (non-hydrogen) atoms. The summed E-state index contributed by atoms with van der Waals surface area (Å²) in [5.41, 5.74) is 2.66. The molecule has 0 bridgehead atoms. The minimum Gasteiger partial charge on any atom is -0.379 e. The number of nitrogens with one attached hydrogen (secondary N) is 1. The monoisotopic (exact) mass is 383 g/mol. The molecule has 140 valence electrons. The molecule has 0 aliphatic carbocycles. The highest BCUT2D eigenvalue weighted by atomic mass is 32.1.